The van der Waals surface area contributed by atoms with Crippen LogP contribution >= 0.6 is 0 Å². The highest BCUT2D eigenvalue weighted by Gasteiger charge is 2.33. The molecule has 7 heteroatoms. The van der Waals surface area contributed by atoms with Crippen molar-refractivity contribution in [2.45, 2.75) is 59.2 Å². The second-order valence-electron chi connectivity index (χ2n) is 9.21. The van der Waals surface area contributed by atoms with Gasteiger partial charge in [-0.3, -0.25) is 9.69 Å². The molecule has 0 aliphatic rings. The first kappa shape index (κ1) is 22.9. The molecule has 0 radical (unpaired) electrons. The summed E-state index contributed by atoms with van der Waals surface area (Å²) in [6, 6.07) is 18.0. The molecule has 4 rings (SSSR count). The lowest BCUT2D eigenvalue weighted by Gasteiger charge is -2.33. The lowest BCUT2D eigenvalue weighted by atomic mass is 9.98. The molecule has 0 bridgehead atoms. The van der Waals surface area contributed by atoms with Gasteiger partial charge in [-0.05, 0) is 72.8 Å². The van der Waals surface area contributed by atoms with Gasteiger partial charge >= 0.3 is 0 Å². The van der Waals surface area contributed by atoms with Gasteiger partial charge in [-0.15, -0.1) is 5.10 Å². The fourth-order valence-electron chi connectivity index (χ4n) is 4.18. The van der Waals surface area contributed by atoms with Crippen molar-refractivity contribution in [3.63, 3.8) is 0 Å². The van der Waals surface area contributed by atoms with Gasteiger partial charge in [0, 0.05) is 17.6 Å². The van der Waals surface area contributed by atoms with E-state index in [0.29, 0.717) is 17.9 Å². The number of benzene rings is 2. The first-order valence-electron chi connectivity index (χ1n) is 11.5. The SMILES string of the molecule is CCN(Cc1ccccc1)[C@H](c1cc2ccc(C)cc2[nH]c1=O)c1nnnn1C(C)(C)CC. The molecule has 0 fully saturated rings. The van der Waals surface area contributed by atoms with Crippen LogP contribution in [0.15, 0.2) is 59.4 Å². The Hall–Kier alpha value is -3.32. The third kappa shape index (κ3) is 4.59. The molecule has 0 aliphatic carbocycles. The van der Waals surface area contributed by atoms with Crippen LogP contribution in [0, 0.1) is 6.92 Å². The van der Waals surface area contributed by atoms with Gasteiger partial charge in [0.05, 0.1) is 5.54 Å². The van der Waals surface area contributed by atoms with E-state index < -0.39 is 6.04 Å². The summed E-state index contributed by atoms with van der Waals surface area (Å²) < 4.78 is 1.88. The van der Waals surface area contributed by atoms with Crippen LogP contribution in [0.25, 0.3) is 10.9 Å². The summed E-state index contributed by atoms with van der Waals surface area (Å²) in [5, 5.41) is 13.8. The van der Waals surface area contributed by atoms with Crippen LogP contribution in [0.4, 0.5) is 0 Å². The molecule has 0 saturated heterocycles. The number of aromatic amines is 1. The Morgan fingerprint density at radius 3 is 2.55 bits per heavy atom. The molecule has 2 aromatic carbocycles. The molecule has 7 nitrogen and oxygen atoms in total. The smallest absolute Gasteiger partial charge is 0.253 e. The molecule has 33 heavy (non-hydrogen) atoms. The van der Waals surface area contributed by atoms with Crippen molar-refractivity contribution in [3.8, 4) is 0 Å². The number of fused-ring (bicyclic) bond motifs is 1. The molecule has 0 saturated carbocycles. The van der Waals surface area contributed by atoms with E-state index in [0.717, 1.165) is 29.4 Å². The minimum absolute atomic E-state index is 0.117. The Labute approximate surface area is 194 Å². The lowest BCUT2D eigenvalue weighted by Crippen LogP contribution is -2.38. The first-order chi connectivity index (χ1) is 15.8. The Morgan fingerprint density at radius 2 is 1.85 bits per heavy atom. The van der Waals surface area contributed by atoms with Gasteiger partial charge in [-0.1, -0.05) is 56.3 Å². The van der Waals surface area contributed by atoms with Gasteiger partial charge < -0.3 is 4.98 Å². The number of pyridine rings is 1. The Balaban J connectivity index is 1.91. The van der Waals surface area contributed by atoms with Crippen molar-refractivity contribution < 1.29 is 0 Å². The standard InChI is InChI=1S/C26H32N6O/c1-6-26(4,5)32-24(28-29-30-32)23(31(7-2)17-19-11-9-8-10-12-19)21-16-20-14-13-18(3)15-22(20)27-25(21)33/h8-16,23H,6-7,17H2,1-5H3,(H,27,33)/t23-/m1/s1. The Morgan fingerprint density at radius 1 is 1.09 bits per heavy atom. The van der Waals surface area contributed by atoms with Crippen LogP contribution < -0.4 is 5.56 Å². The number of H-pyrrole nitrogens is 1. The fourth-order valence-corrected chi connectivity index (χ4v) is 4.18. The second kappa shape index (κ2) is 9.27. The molecular formula is C26H32N6O. The van der Waals surface area contributed by atoms with Crippen LogP contribution in [0.2, 0.25) is 0 Å². The lowest BCUT2D eigenvalue weighted by molar-refractivity contribution is 0.197. The normalized spacial score (nSPS) is 13.0. The maximum absolute atomic E-state index is 13.4. The molecule has 172 valence electrons. The first-order valence-corrected chi connectivity index (χ1v) is 11.5. The van der Waals surface area contributed by atoms with Gasteiger partial charge in [0.15, 0.2) is 5.82 Å². The van der Waals surface area contributed by atoms with Crippen molar-refractivity contribution in [2.75, 3.05) is 6.54 Å². The third-order valence-corrected chi connectivity index (χ3v) is 6.50. The number of nitrogens with one attached hydrogen (secondary N) is 1. The largest absolute Gasteiger partial charge is 0.322 e. The summed E-state index contributed by atoms with van der Waals surface area (Å²) in [6.07, 6.45) is 0.857. The van der Waals surface area contributed by atoms with Gasteiger partial charge in [0.25, 0.3) is 5.56 Å². The summed E-state index contributed by atoms with van der Waals surface area (Å²) in [5.74, 6) is 0.677. The van der Waals surface area contributed by atoms with Crippen molar-refractivity contribution >= 4 is 10.9 Å². The summed E-state index contributed by atoms with van der Waals surface area (Å²) >= 11 is 0. The van der Waals surface area contributed by atoms with Gasteiger partial charge in [0.1, 0.15) is 6.04 Å². The van der Waals surface area contributed by atoms with Crippen molar-refractivity contribution in [2.24, 2.45) is 0 Å². The summed E-state index contributed by atoms with van der Waals surface area (Å²) in [5.41, 5.74) is 3.35. The van der Waals surface area contributed by atoms with E-state index >= 15 is 0 Å². The number of nitrogens with zero attached hydrogens (tertiary/aromatic N) is 5. The van der Waals surface area contributed by atoms with Crippen LogP contribution in [0.1, 0.15) is 62.7 Å². The Kier molecular flexibility index (Phi) is 6.42. The van der Waals surface area contributed by atoms with Crippen LogP contribution in [-0.2, 0) is 12.1 Å². The molecule has 4 aromatic rings. The van der Waals surface area contributed by atoms with E-state index in [4.69, 9.17) is 0 Å². The monoisotopic (exact) mass is 444 g/mol. The maximum Gasteiger partial charge on any atom is 0.253 e. The van der Waals surface area contributed by atoms with Crippen LogP contribution in [-0.4, -0.2) is 36.6 Å². The van der Waals surface area contributed by atoms with Crippen LogP contribution in [0.5, 0.6) is 0 Å². The second-order valence-corrected chi connectivity index (χ2v) is 9.21. The average Bonchev–Trinajstić information content (AvgIpc) is 3.30. The summed E-state index contributed by atoms with van der Waals surface area (Å²) in [4.78, 5) is 18.8. The van der Waals surface area contributed by atoms with E-state index in [9.17, 15) is 4.79 Å². The van der Waals surface area contributed by atoms with Gasteiger partial charge in [-0.25, -0.2) is 4.68 Å². The Bertz CT molecular complexity index is 1290. The molecule has 0 spiro atoms. The fraction of sp³-hybridized carbons (Fsp3) is 0.385. The van der Waals surface area contributed by atoms with Gasteiger partial charge in [-0.2, -0.15) is 0 Å². The predicted molar refractivity (Wildman–Crippen MR) is 131 cm³/mol. The zero-order chi connectivity index (χ0) is 23.6. The number of aryl methyl sites for hydroxylation is 1. The quantitative estimate of drug-likeness (QED) is 0.430. The summed E-state index contributed by atoms with van der Waals surface area (Å²) in [7, 11) is 0. The number of rotatable bonds is 8. The van der Waals surface area contributed by atoms with E-state index in [1.807, 2.05) is 48.0 Å². The summed E-state index contributed by atoms with van der Waals surface area (Å²) in [6.45, 7) is 11.9. The van der Waals surface area contributed by atoms with E-state index in [1.165, 1.54) is 5.56 Å². The highest BCUT2D eigenvalue weighted by Crippen LogP contribution is 2.31. The maximum atomic E-state index is 13.4. The third-order valence-electron chi connectivity index (χ3n) is 6.50. The van der Waals surface area contributed by atoms with Crippen molar-refractivity contribution in [1.29, 1.82) is 0 Å². The number of tetrazole rings is 1. The van der Waals surface area contributed by atoms with Crippen molar-refractivity contribution in [1.82, 2.24) is 30.1 Å². The van der Waals surface area contributed by atoms with Gasteiger partial charge in [0.2, 0.25) is 0 Å². The zero-order valence-corrected chi connectivity index (χ0v) is 20.0. The molecule has 2 heterocycles. The van der Waals surface area contributed by atoms with Crippen molar-refractivity contribution in [3.05, 3.63) is 87.5 Å². The molecular weight excluding hydrogens is 412 g/mol. The number of hydrogen-bond donors (Lipinski definition) is 1. The zero-order valence-electron chi connectivity index (χ0n) is 20.0. The number of hydrogen-bond acceptors (Lipinski definition) is 5. The predicted octanol–water partition coefficient (Wildman–Crippen LogP) is 4.58. The molecule has 2 aromatic heterocycles. The van der Waals surface area contributed by atoms with E-state index in [1.54, 1.807) is 0 Å². The van der Waals surface area contributed by atoms with Crippen LogP contribution in [0.3, 0.4) is 0 Å². The number of aromatic nitrogens is 5. The molecule has 0 aliphatic heterocycles. The molecule has 0 unspecified atom stereocenters. The van der Waals surface area contributed by atoms with E-state index in [2.05, 4.69) is 71.3 Å². The average molecular weight is 445 g/mol. The minimum Gasteiger partial charge on any atom is -0.322 e. The van der Waals surface area contributed by atoms with E-state index in [-0.39, 0.29) is 11.1 Å². The minimum atomic E-state index is -0.398. The topological polar surface area (TPSA) is 79.7 Å². The molecule has 0 amide bonds. The molecule has 1 atom stereocenters. The molecule has 1 N–H and O–H groups in total. The highest BCUT2D eigenvalue weighted by atomic mass is 16.1. The highest BCUT2D eigenvalue weighted by molar-refractivity contribution is 5.79.